The molecule has 0 aromatic carbocycles. The van der Waals surface area contributed by atoms with Gasteiger partial charge >= 0.3 is 5.69 Å². The van der Waals surface area contributed by atoms with E-state index < -0.39 is 5.69 Å². The molecule has 0 bridgehead atoms. The zero-order valence-electron chi connectivity index (χ0n) is 20.3. The lowest BCUT2D eigenvalue weighted by molar-refractivity contribution is -0.137. The van der Waals surface area contributed by atoms with Crippen molar-refractivity contribution in [2.24, 2.45) is 11.8 Å². The third-order valence-corrected chi connectivity index (χ3v) is 8.35. The molecule has 1 atom stereocenters. The maximum absolute atomic E-state index is 13.3. The van der Waals surface area contributed by atoms with Crippen LogP contribution in [0.5, 0.6) is 0 Å². The maximum Gasteiger partial charge on any atom is 0.332 e. The van der Waals surface area contributed by atoms with Crippen molar-refractivity contribution < 1.29 is 9.59 Å². The number of hydrogen-bond acceptors (Lipinski definition) is 5. The molecular formula is C25H36N4O4S. The first-order valence-corrected chi connectivity index (χ1v) is 13.6. The number of fused-ring (bicyclic) bond motifs is 1. The molecular weight excluding hydrogens is 452 g/mol. The molecule has 8 nitrogen and oxygen atoms in total. The predicted octanol–water partition coefficient (Wildman–Crippen LogP) is 2.96. The molecule has 1 aliphatic heterocycles. The molecule has 1 aliphatic carbocycles. The van der Waals surface area contributed by atoms with Gasteiger partial charge in [0.15, 0.2) is 0 Å². The van der Waals surface area contributed by atoms with Crippen molar-refractivity contribution in [1.82, 2.24) is 19.4 Å². The lowest BCUT2D eigenvalue weighted by Crippen LogP contribution is -2.45. The summed E-state index contributed by atoms with van der Waals surface area (Å²) in [5, 5.41) is 4.69. The lowest BCUT2D eigenvalue weighted by atomic mass is 9.81. The molecule has 3 heterocycles. The van der Waals surface area contributed by atoms with E-state index in [1.165, 1.54) is 26.9 Å². The van der Waals surface area contributed by atoms with Crippen LogP contribution in [0.2, 0.25) is 0 Å². The summed E-state index contributed by atoms with van der Waals surface area (Å²) in [5.74, 6) is 0.290. The number of aromatic nitrogens is 2. The molecule has 186 valence electrons. The van der Waals surface area contributed by atoms with Gasteiger partial charge in [0.1, 0.15) is 11.2 Å². The highest BCUT2D eigenvalue weighted by atomic mass is 32.1. The number of carbonyl (C=O) groups is 2. The average Bonchev–Trinajstić information content (AvgIpc) is 3.35. The minimum absolute atomic E-state index is 0.0231. The van der Waals surface area contributed by atoms with Crippen molar-refractivity contribution in [3.05, 3.63) is 32.3 Å². The highest BCUT2D eigenvalue weighted by Gasteiger charge is 2.31. The molecule has 0 radical (unpaired) electrons. The monoisotopic (exact) mass is 488 g/mol. The lowest BCUT2D eigenvalue weighted by Gasteiger charge is -2.34. The normalized spacial score (nSPS) is 22.0. The maximum atomic E-state index is 13.3. The van der Waals surface area contributed by atoms with E-state index in [0.29, 0.717) is 16.8 Å². The van der Waals surface area contributed by atoms with Crippen molar-refractivity contribution in [3.8, 4) is 0 Å². The number of nitrogens with zero attached hydrogens (tertiary/aromatic N) is 3. The zero-order valence-corrected chi connectivity index (χ0v) is 21.1. The Kier molecular flexibility index (Phi) is 7.91. The number of hydrogen-bond donors (Lipinski definition) is 1. The summed E-state index contributed by atoms with van der Waals surface area (Å²) in [6.45, 7) is 5.90. The van der Waals surface area contributed by atoms with Crippen molar-refractivity contribution in [2.45, 2.75) is 84.3 Å². The van der Waals surface area contributed by atoms with E-state index in [4.69, 9.17) is 0 Å². The van der Waals surface area contributed by atoms with Gasteiger partial charge in [-0.25, -0.2) is 4.79 Å². The Bertz CT molecular complexity index is 1140. The van der Waals surface area contributed by atoms with E-state index in [0.717, 1.165) is 58.0 Å². The second kappa shape index (κ2) is 10.9. The molecule has 2 fully saturated rings. The fourth-order valence-electron chi connectivity index (χ4n) is 5.24. The van der Waals surface area contributed by atoms with Gasteiger partial charge in [-0.1, -0.05) is 6.92 Å². The molecule has 2 amide bonds. The minimum Gasteiger partial charge on any atom is -0.352 e. The summed E-state index contributed by atoms with van der Waals surface area (Å²) in [6.07, 6.45) is 7.46. The minimum atomic E-state index is -0.429. The molecule has 1 N–H and O–H groups in total. The van der Waals surface area contributed by atoms with Crippen LogP contribution in [0, 0.1) is 11.8 Å². The van der Waals surface area contributed by atoms with Crippen LogP contribution < -0.4 is 16.6 Å². The van der Waals surface area contributed by atoms with Crippen LogP contribution in [-0.2, 0) is 22.7 Å². The first kappa shape index (κ1) is 24.7. The Balaban J connectivity index is 1.48. The second-order valence-electron chi connectivity index (χ2n) is 9.90. The predicted molar refractivity (Wildman–Crippen MR) is 134 cm³/mol. The third-order valence-electron chi connectivity index (χ3n) is 7.46. The number of thiophene rings is 1. The third kappa shape index (κ3) is 5.29. The van der Waals surface area contributed by atoms with Crippen LogP contribution in [0.4, 0.5) is 0 Å². The van der Waals surface area contributed by atoms with E-state index in [-0.39, 0.29) is 41.8 Å². The first-order valence-electron chi connectivity index (χ1n) is 12.7. The van der Waals surface area contributed by atoms with Crippen LogP contribution in [0.15, 0.2) is 21.0 Å². The molecule has 2 aromatic heterocycles. The summed E-state index contributed by atoms with van der Waals surface area (Å²) in [7, 11) is 0. The number of amides is 2. The van der Waals surface area contributed by atoms with E-state index in [9.17, 15) is 19.2 Å². The molecule has 2 aromatic rings. The molecule has 1 saturated carbocycles. The molecule has 9 heteroatoms. The SMILES string of the molecule is CC[C@@H](C)NC(=O)Cn1c(=O)n(CC2CCC(C(=O)N3CCCCC3)CC2)c(=O)c2sccc21. The van der Waals surface area contributed by atoms with Gasteiger partial charge in [-0.05, 0) is 75.7 Å². The van der Waals surface area contributed by atoms with E-state index in [2.05, 4.69) is 5.32 Å². The van der Waals surface area contributed by atoms with Gasteiger partial charge in [0, 0.05) is 31.6 Å². The summed E-state index contributed by atoms with van der Waals surface area (Å²) in [6, 6.07) is 1.76. The number of rotatable bonds is 7. The summed E-state index contributed by atoms with van der Waals surface area (Å²) in [4.78, 5) is 53.9. The van der Waals surface area contributed by atoms with E-state index >= 15 is 0 Å². The van der Waals surface area contributed by atoms with Crippen LogP contribution in [-0.4, -0.2) is 45.0 Å². The van der Waals surface area contributed by atoms with Gasteiger partial charge in [-0.15, -0.1) is 11.3 Å². The topological polar surface area (TPSA) is 93.4 Å². The van der Waals surface area contributed by atoms with Crippen LogP contribution in [0.25, 0.3) is 10.2 Å². The first-order chi connectivity index (χ1) is 16.4. The van der Waals surface area contributed by atoms with Gasteiger partial charge in [-0.3, -0.25) is 23.5 Å². The van der Waals surface area contributed by atoms with Gasteiger partial charge in [0.25, 0.3) is 5.56 Å². The second-order valence-corrected chi connectivity index (χ2v) is 10.8. The average molecular weight is 489 g/mol. The van der Waals surface area contributed by atoms with Crippen LogP contribution in [0.3, 0.4) is 0 Å². The smallest absolute Gasteiger partial charge is 0.332 e. The highest BCUT2D eigenvalue weighted by molar-refractivity contribution is 7.17. The van der Waals surface area contributed by atoms with Gasteiger partial charge in [-0.2, -0.15) is 0 Å². The quantitative estimate of drug-likeness (QED) is 0.648. The molecule has 34 heavy (non-hydrogen) atoms. The van der Waals surface area contributed by atoms with Crippen LogP contribution in [0.1, 0.15) is 65.2 Å². The van der Waals surface area contributed by atoms with Crippen molar-refractivity contribution in [2.75, 3.05) is 13.1 Å². The summed E-state index contributed by atoms with van der Waals surface area (Å²) >= 11 is 1.30. The number of piperidine rings is 1. The van der Waals surface area contributed by atoms with E-state index in [1.54, 1.807) is 11.4 Å². The Morgan fingerprint density at radius 1 is 1.09 bits per heavy atom. The van der Waals surface area contributed by atoms with Crippen molar-refractivity contribution >= 4 is 33.4 Å². The Morgan fingerprint density at radius 2 is 1.79 bits per heavy atom. The summed E-state index contributed by atoms with van der Waals surface area (Å²) < 4.78 is 3.24. The number of nitrogens with one attached hydrogen (secondary N) is 1. The van der Waals surface area contributed by atoms with Gasteiger partial charge in [0.05, 0.1) is 5.52 Å². The van der Waals surface area contributed by atoms with Gasteiger partial charge in [0.2, 0.25) is 11.8 Å². The van der Waals surface area contributed by atoms with Gasteiger partial charge < -0.3 is 10.2 Å². The molecule has 1 saturated heterocycles. The van der Waals surface area contributed by atoms with Crippen molar-refractivity contribution in [1.29, 1.82) is 0 Å². The Hall–Kier alpha value is -2.42. The number of carbonyl (C=O) groups excluding carboxylic acids is 2. The fourth-order valence-corrected chi connectivity index (χ4v) is 6.08. The number of likely N-dealkylation sites (tertiary alicyclic amines) is 1. The Labute approximate surface area is 203 Å². The van der Waals surface area contributed by atoms with Crippen molar-refractivity contribution in [3.63, 3.8) is 0 Å². The summed E-state index contributed by atoms with van der Waals surface area (Å²) in [5.41, 5.74) is -0.187. The highest BCUT2D eigenvalue weighted by Crippen LogP contribution is 2.31. The largest absolute Gasteiger partial charge is 0.352 e. The molecule has 4 rings (SSSR count). The van der Waals surface area contributed by atoms with E-state index in [1.807, 2.05) is 18.7 Å². The molecule has 0 unspecified atom stereocenters. The molecule has 0 spiro atoms. The van der Waals surface area contributed by atoms with Crippen LogP contribution >= 0.6 is 11.3 Å². The Morgan fingerprint density at radius 3 is 2.47 bits per heavy atom. The molecule has 2 aliphatic rings. The zero-order chi connectivity index (χ0) is 24.2. The standard InChI is InChI=1S/C25H36N4O4S/c1-3-17(2)26-21(30)16-28-20-11-14-34-22(20)24(32)29(25(28)33)15-18-7-9-19(10-8-18)23(31)27-12-5-4-6-13-27/h11,14,17-19H,3-10,12-13,15-16H2,1-2H3,(H,26,30)/t17-,18?,19?/m1/s1. The fraction of sp³-hybridized carbons (Fsp3) is 0.680.